The van der Waals surface area contributed by atoms with Gasteiger partial charge in [-0.15, -0.1) is 0 Å². The summed E-state index contributed by atoms with van der Waals surface area (Å²) in [5, 5.41) is 9.53. The third-order valence-corrected chi connectivity index (χ3v) is 2.14. The van der Waals surface area contributed by atoms with Gasteiger partial charge in [-0.2, -0.15) is 0 Å². The quantitative estimate of drug-likeness (QED) is 0.765. The van der Waals surface area contributed by atoms with Crippen LogP contribution >= 0.6 is 0 Å². The van der Waals surface area contributed by atoms with E-state index in [0.29, 0.717) is 18.8 Å². The minimum absolute atomic E-state index is 0.260. The normalized spacial score (nSPS) is 12.2. The first kappa shape index (κ1) is 12.8. The van der Waals surface area contributed by atoms with Crippen molar-refractivity contribution >= 4 is 0 Å². The van der Waals surface area contributed by atoms with E-state index < -0.39 is 6.10 Å². The molecule has 0 amide bonds. The summed E-state index contributed by atoms with van der Waals surface area (Å²) in [5.41, 5.74) is 0. The number of aliphatic hydroxyl groups excluding tert-OH is 1. The van der Waals surface area contributed by atoms with Crippen molar-refractivity contribution in [1.82, 2.24) is 0 Å². The van der Waals surface area contributed by atoms with Crippen LogP contribution in [0.1, 0.15) is 6.42 Å². The summed E-state index contributed by atoms with van der Waals surface area (Å²) in [6.45, 7) is 0.791. The lowest BCUT2D eigenvalue weighted by atomic mass is 10.3. The Bertz CT molecular complexity index is 301. The van der Waals surface area contributed by atoms with Crippen molar-refractivity contribution in [1.29, 1.82) is 0 Å². The lowest BCUT2D eigenvalue weighted by Crippen LogP contribution is -2.19. The van der Waals surface area contributed by atoms with Gasteiger partial charge in [0.1, 0.15) is 18.1 Å². The van der Waals surface area contributed by atoms with Gasteiger partial charge in [-0.05, 0) is 18.6 Å². The Morgan fingerprint density at radius 1 is 1.25 bits per heavy atom. The van der Waals surface area contributed by atoms with Crippen molar-refractivity contribution in [2.75, 3.05) is 27.4 Å². The van der Waals surface area contributed by atoms with Crippen LogP contribution in [-0.4, -0.2) is 38.6 Å². The molecule has 16 heavy (non-hydrogen) atoms. The molecule has 0 radical (unpaired) electrons. The molecular formula is C12H18O4. The monoisotopic (exact) mass is 226 g/mol. The van der Waals surface area contributed by atoms with Crippen LogP contribution < -0.4 is 9.47 Å². The number of benzene rings is 1. The van der Waals surface area contributed by atoms with E-state index in [9.17, 15) is 5.11 Å². The molecule has 0 saturated carbocycles. The highest BCUT2D eigenvalue weighted by Gasteiger charge is 2.05. The van der Waals surface area contributed by atoms with Crippen LogP contribution in [0.4, 0.5) is 0 Å². The van der Waals surface area contributed by atoms with Gasteiger partial charge >= 0.3 is 0 Å². The van der Waals surface area contributed by atoms with Gasteiger partial charge in [0, 0.05) is 19.8 Å². The molecule has 4 nitrogen and oxygen atoms in total. The van der Waals surface area contributed by atoms with Crippen LogP contribution in [0.5, 0.6) is 11.5 Å². The van der Waals surface area contributed by atoms with Gasteiger partial charge in [0.2, 0.25) is 0 Å². The minimum atomic E-state index is -0.508. The molecule has 1 aromatic rings. The van der Waals surface area contributed by atoms with Gasteiger partial charge in [0.25, 0.3) is 0 Å². The van der Waals surface area contributed by atoms with Crippen molar-refractivity contribution in [2.45, 2.75) is 12.5 Å². The van der Waals surface area contributed by atoms with E-state index in [1.165, 1.54) is 0 Å². The molecule has 1 aromatic carbocycles. The Labute approximate surface area is 95.8 Å². The lowest BCUT2D eigenvalue weighted by Gasteiger charge is -2.12. The number of hydrogen-bond acceptors (Lipinski definition) is 4. The van der Waals surface area contributed by atoms with E-state index in [1.54, 1.807) is 20.3 Å². The standard InChI is InChI=1S/C12H18O4/c1-14-7-6-10(13)9-16-12-5-3-4-11(8-12)15-2/h3-5,8,10,13H,6-7,9H2,1-2H3. The van der Waals surface area contributed by atoms with Gasteiger partial charge in [0.05, 0.1) is 13.2 Å². The zero-order valence-electron chi connectivity index (χ0n) is 9.68. The van der Waals surface area contributed by atoms with Crippen molar-refractivity contribution < 1.29 is 19.3 Å². The van der Waals surface area contributed by atoms with Crippen LogP contribution in [0, 0.1) is 0 Å². The maximum atomic E-state index is 9.53. The van der Waals surface area contributed by atoms with Gasteiger partial charge in [-0.3, -0.25) is 0 Å². The number of rotatable bonds is 7. The molecule has 0 fully saturated rings. The zero-order valence-corrected chi connectivity index (χ0v) is 9.68. The lowest BCUT2D eigenvalue weighted by molar-refractivity contribution is 0.0705. The largest absolute Gasteiger partial charge is 0.497 e. The fourth-order valence-corrected chi connectivity index (χ4v) is 1.22. The topological polar surface area (TPSA) is 47.9 Å². The highest BCUT2D eigenvalue weighted by molar-refractivity contribution is 5.32. The highest BCUT2D eigenvalue weighted by Crippen LogP contribution is 2.18. The summed E-state index contributed by atoms with van der Waals surface area (Å²) < 4.78 is 15.4. The van der Waals surface area contributed by atoms with Crippen molar-refractivity contribution in [2.24, 2.45) is 0 Å². The molecular weight excluding hydrogens is 208 g/mol. The summed E-state index contributed by atoms with van der Waals surface area (Å²) in [5.74, 6) is 1.43. The molecule has 1 rings (SSSR count). The fraction of sp³-hybridized carbons (Fsp3) is 0.500. The Kier molecular flexibility index (Phi) is 5.67. The van der Waals surface area contributed by atoms with Crippen LogP contribution in [0.3, 0.4) is 0 Å². The maximum Gasteiger partial charge on any atom is 0.123 e. The molecule has 4 heteroatoms. The zero-order chi connectivity index (χ0) is 11.8. The summed E-state index contributed by atoms with van der Waals surface area (Å²) in [6.07, 6.45) is 0.0617. The molecule has 0 aliphatic heterocycles. The van der Waals surface area contributed by atoms with Crippen LogP contribution in [-0.2, 0) is 4.74 Å². The third kappa shape index (κ3) is 4.51. The minimum Gasteiger partial charge on any atom is -0.497 e. The Morgan fingerprint density at radius 3 is 2.69 bits per heavy atom. The van der Waals surface area contributed by atoms with Crippen LogP contribution in [0.2, 0.25) is 0 Å². The van der Waals surface area contributed by atoms with Crippen LogP contribution in [0.15, 0.2) is 24.3 Å². The summed E-state index contributed by atoms with van der Waals surface area (Å²) in [7, 11) is 3.21. The Hall–Kier alpha value is -1.26. The number of ether oxygens (including phenoxy) is 3. The average Bonchev–Trinajstić information content (AvgIpc) is 2.34. The first-order valence-electron chi connectivity index (χ1n) is 5.20. The van der Waals surface area contributed by atoms with E-state index in [2.05, 4.69) is 0 Å². The van der Waals surface area contributed by atoms with Gasteiger partial charge in [-0.25, -0.2) is 0 Å². The summed E-state index contributed by atoms with van der Waals surface area (Å²) >= 11 is 0. The molecule has 0 aliphatic rings. The van der Waals surface area contributed by atoms with Gasteiger partial charge < -0.3 is 19.3 Å². The number of hydrogen-bond donors (Lipinski definition) is 1. The molecule has 0 heterocycles. The van der Waals surface area contributed by atoms with E-state index in [1.807, 2.05) is 18.2 Å². The molecule has 0 saturated heterocycles. The third-order valence-electron chi connectivity index (χ3n) is 2.14. The summed E-state index contributed by atoms with van der Waals surface area (Å²) in [4.78, 5) is 0. The predicted molar refractivity (Wildman–Crippen MR) is 61.0 cm³/mol. The molecule has 1 atom stereocenters. The second-order valence-corrected chi connectivity index (χ2v) is 3.43. The second-order valence-electron chi connectivity index (χ2n) is 3.43. The smallest absolute Gasteiger partial charge is 0.123 e. The molecule has 0 bridgehead atoms. The van der Waals surface area contributed by atoms with E-state index in [-0.39, 0.29) is 6.61 Å². The molecule has 0 aliphatic carbocycles. The Morgan fingerprint density at radius 2 is 2.00 bits per heavy atom. The second kappa shape index (κ2) is 7.09. The molecule has 0 aromatic heterocycles. The molecule has 90 valence electrons. The molecule has 1 N–H and O–H groups in total. The van der Waals surface area contributed by atoms with Crippen molar-refractivity contribution in [3.8, 4) is 11.5 Å². The number of aliphatic hydroxyl groups is 1. The van der Waals surface area contributed by atoms with E-state index in [4.69, 9.17) is 14.2 Å². The first-order chi connectivity index (χ1) is 7.76. The van der Waals surface area contributed by atoms with Crippen molar-refractivity contribution in [3.63, 3.8) is 0 Å². The molecule has 0 spiro atoms. The first-order valence-corrected chi connectivity index (χ1v) is 5.20. The predicted octanol–water partition coefficient (Wildman–Crippen LogP) is 1.47. The summed E-state index contributed by atoms with van der Waals surface area (Å²) in [6, 6.07) is 7.29. The molecule has 1 unspecified atom stereocenters. The fourth-order valence-electron chi connectivity index (χ4n) is 1.22. The number of methoxy groups -OCH3 is 2. The van der Waals surface area contributed by atoms with Crippen LogP contribution in [0.25, 0.3) is 0 Å². The van der Waals surface area contributed by atoms with E-state index in [0.717, 1.165) is 5.75 Å². The SMILES string of the molecule is COCCC(O)COc1cccc(OC)c1. The van der Waals surface area contributed by atoms with Crippen molar-refractivity contribution in [3.05, 3.63) is 24.3 Å². The van der Waals surface area contributed by atoms with Gasteiger partial charge in [-0.1, -0.05) is 6.07 Å². The Balaban J connectivity index is 2.35. The van der Waals surface area contributed by atoms with E-state index >= 15 is 0 Å². The van der Waals surface area contributed by atoms with Gasteiger partial charge in [0.15, 0.2) is 0 Å². The maximum absolute atomic E-state index is 9.53. The highest BCUT2D eigenvalue weighted by atomic mass is 16.5. The average molecular weight is 226 g/mol.